The van der Waals surface area contributed by atoms with Gasteiger partial charge in [-0.3, -0.25) is 10.1 Å². The van der Waals surface area contributed by atoms with Gasteiger partial charge in [-0.15, -0.1) is 11.8 Å². The Balaban J connectivity index is 1.58. The lowest BCUT2D eigenvalue weighted by Crippen LogP contribution is -1.90. The number of hydrogen-bond donors (Lipinski definition) is 0. The van der Waals surface area contributed by atoms with Gasteiger partial charge in [-0.05, 0) is 17.5 Å². The molecule has 0 atom stereocenters. The van der Waals surface area contributed by atoms with Crippen molar-refractivity contribution in [2.45, 2.75) is 24.9 Å². The summed E-state index contributed by atoms with van der Waals surface area (Å²) < 4.78 is 5.29. The van der Waals surface area contributed by atoms with Crippen molar-refractivity contribution in [3.63, 3.8) is 0 Å². The fraction of sp³-hybridized carbons (Fsp3) is 0.222. The van der Waals surface area contributed by atoms with Crippen LogP contribution < -0.4 is 0 Å². The Bertz CT molecular complexity index is 862. The first-order valence-electron chi connectivity index (χ1n) is 7.88. The number of non-ortho nitro benzene ring substituents is 1. The molecule has 0 bridgehead atoms. The second-order valence-electron chi connectivity index (χ2n) is 5.48. The van der Waals surface area contributed by atoms with Crippen molar-refractivity contribution in [2.75, 3.05) is 0 Å². The number of thioether (sulfide) groups is 1. The molecule has 0 spiro atoms. The van der Waals surface area contributed by atoms with Gasteiger partial charge < -0.3 is 4.52 Å². The number of nitro groups is 1. The van der Waals surface area contributed by atoms with Crippen LogP contribution in [0.5, 0.6) is 0 Å². The first-order chi connectivity index (χ1) is 12.2. The number of nitrogens with zero attached hydrogens (tertiary/aromatic N) is 3. The van der Waals surface area contributed by atoms with Crippen LogP contribution in [-0.2, 0) is 17.9 Å². The van der Waals surface area contributed by atoms with Crippen LogP contribution in [-0.4, -0.2) is 15.1 Å². The normalized spacial score (nSPS) is 10.8. The van der Waals surface area contributed by atoms with Gasteiger partial charge in [-0.25, -0.2) is 0 Å². The van der Waals surface area contributed by atoms with Crippen molar-refractivity contribution in [2.24, 2.45) is 0 Å². The Hall–Kier alpha value is -2.67. The van der Waals surface area contributed by atoms with E-state index in [4.69, 9.17) is 4.52 Å². The summed E-state index contributed by atoms with van der Waals surface area (Å²) in [6.45, 7) is 2.11. The van der Waals surface area contributed by atoms with Gasteiger partial charge in [-0.2, -0.15) is 4.98 Å². The molecular formula is C18H17N3O3S. The van der Waals surface area contributed by atoms with Gasteiger partial charge in [-0.1, -0.05) is 48.5 Å². The fourth-order valence-corrected chi connectivity index (χ4v) is 3.15. The number of aryl methyl sites for hydroxylation is 1. The molecular weight excluding hydrogens is 338 g/mol. The highest BCUT2D eigenvalue weighted by atomic mass is 32.2. The Morgan fingerprint density at radius 2 is 1.92 bits per heavy atom. The summed E-state index contributed by atoms with van der Waals surface area (Å²) in [6, 6.07) is 14.7. The molecule has 0 fully saturated rings. The second-order valence-corrected chi connectivity index (χ2v) is 6.47. The van der Waals surface area contributed by atoms with E-state index in [1.807, 2.05) is 18.2 Å². The van der Waals surface area contributed by atoms with Gasteiger partial charge in [0.2, 0.25) is 11.7 Å². The summed E-state index contributed by atoms with van der Waals surface area (Å²) >= 11 is 1.58. The Morgan fingerprint density at radius 3 is 2.64 bits per heavy atom. The van der Waals surface area contributed by atoms with Gasteiger partial charge in [0.25, 0.3) is 5.69 Å². The van der Waals surface area contributed by atoms with Crippen LogP contribution in [0, 0.1) is 10.1 Å². The standard InChI is InChI=1S/C18H17N3O3S/c1-2-13-6-8-15(9-7-13)18-19-17(24-20-18)12-25-11-14-4-3-5-16(10-14)21(22)23/h3-10H,2,11-12H2,1H3. The van der Waals surface area contributed by atoms with E-state index in [1.54, 1.807) is 23.9 Å². The molecule has 25 heavy (non-hydrogen) atoms. The molecule has 0 saturated heterocycles. The third kappa shape index (κ3) is 4.45. The molecule has 3 aromatic rings. The summed E-state index contributed by atoms with van der Waals surface area (Å²) in [5.74, 6) is 2.33. The Kier molecular flexibility index (Phi) is 5.45. The number of rotatable bonds is 7. The largest absolute Gasteiger partial charge is 0.338 e. The van der Waals surface area contributed by atoms with Crippen molar-refractivity contribution < 1.29 is 9.45 Å². The van der Waals surface area contributed by atoms with E-state index in [0.29, 0.717) is 23.2 Å². The van der Waals surface area contributed by atoms with Crippen LogP contribution >= 0.6 is 11.8 Å². The van der Waals surface area contributed by atoms with Crippen molar-refractivity contribution in [1.29, 1.82) is 0 Å². The van der Waals surface area contributed by atoms with Gasteiger partial charge in [0.1, 0.15) is 0 Å². The molecule has 0 aliphatic heterocycles. The molecule has 1 heterocycles. The Morgan fingerprint density at radius 1 is 1.12 bits per heavy atom. The maximum Gasteiger partial charge on any atom is 0.269 e. The highest BCUT2D eigenvalue weighted by Crippen LogP contribution is 2.22. The lowest BCUT2D eigenvalue weighted by molar-refractivity contribution is -0.384. The first-order valence-corrected chi connectivity index (χ1v) is 9.04. The van der Waals surface area contributed by atoms with Crippen LogP contribution in [0.2, 0.25) is 0 Å². The quantitative estimate of drug-likeness (QED) is 0.453. The average Bonchev–Trinajstić information content (AvgIpc) is 3.11. The summed E-state index contributed by atoms with van der Waals surface area (Å²) in [6.07, 6.45) is 0.992. The average molecular weight is 355 g/mol. The molecule has 3 rings (SSSR count). The third-order valence-electron chi connectivity index (χ3n) is 3.70. The van der Waals surface area contributed by atoms with Crippen molar-refractivity contribution >= 4 is 17.4 Å². The summed E-state index contributed by atoms with van der Waals surface area (Å²) in [4.78, 5) is 14.8. The molecule has 0 radical (unpaired) electrons. The number of hydrogen-bond acceptors (Lipinski definition) is 6. The molecule has 0 N–H and O–H groups in total. The zero-order valence-corrected chi connectivity index (χ0v) is 14.5. The molecule has 128 valence electrons. The maximum absolute atomic E-state index is 10.8. The van der Waals surface area contributed by atoms with Crippen molar-refractivity contribution in [1.82, 2.24) is 10.1 Å². The zero-order valence-electron chi connectivity index (χ0n) is 13.7. The third-order valence-corrected chi connectivity index (χ3v) is 4.69. The fourth-order valence-electron chi connectivity index (χ4n) is 2.34. The minimum Gasteiger partial charge on any atom is -0.338 e. The predicted molar refractivity (Wildman–Crippen MR) is 97.2 cm³/mol. The number of aromatic nitrogens is 2. The van der Waals surface area contributed by atoms with E-state index >= 15 is 0 Å². The maximum atomic E-state index is 10.8. The first kappa shape index (κ1) is 17.2. The van der Waals surface area contributed by atoms with E-state index in [2.05, 4.69) is 29.2 Å². The van der Waals surface area contributed by atoms with Crippen LogP contribution in [0.15, 0.2) is 53.1 Å². The molecule has 0 aliphatic carbocycles. The monoisotopic (exact) mass is 355 g/mol. The Labute approximate surface area is 149 Å². The van der Waals surface area contributed by atoms with Gasteiger partial charge in [0.05, 0.1) is 10.7 Å². The van der Waals surface area contributed by atoms with Gasteiger partial charge in [0.15, 0.2) is 0 Å². The smallest absolute Gasteiger partial charge is 0.269 e. The summed E-state index contributed by atoms with van der Waals surface area (Å²) in [5, 5.41) is 14.8. The predicted octanol–water partition coefficient (Wildman–Crippen LogP) is 4.64. The van der Waals surface area contributed by atoms with E-state index < -0.39 is 0 Å². The molecule has 7 heteroatoms. The van der Waals surface area contributed by atoms with Crippen LogP contribution in [0.4, 0.5) is 5.69 Å². The lowest BCUT2D eigenvalue weighted by atomic mass is 10.1. The minimum atomic E-state index is -0.387. The van der Waals surface area contributed by atoms with Crippen molar-refractivity contribution in [3.05, 3.63) is 75.7 Å². The highest BCUT2D eigenvalue weighted by molar-refractivity contribution is 7.97. The second kappa shape index (κ2) is 7.94. The van der Waals surface area contributed by atoms with E-state index in [9.17, 15) is 10.1 Å². The van der Waals surface area contributed by atoms with E-state index in [0.717, 1.165) is 17.5 Å². The number of benzene rings is 2. The van der Waals surface area contributed by atoms with Gasteiger partial charge >= 0.3 is 0 Å². The SMILES string of the molecule is CCc1ccc(-c2noc(CSCc3cccc([N+](=O)[O-])c3)n2)cc1. The topological polar surface area (TPSA) is 82.1 Å². The summed E-state index contributed by atoms with van der Waals surface area (Å²) in [5.41, 5.74) is 3.19. The molecule has 0 saturated carbocycles. The number of nitro benzene ring substituents is 1. The van der Waals surface area contributed by atoms with E-state index in [1.165, 1.54) is 11.6 Å². The molecule has 2 aromatic carbocycles. The molecule has 0 aliphatic rings. The molecule has 6 nitrogen and oxygen atoms in total. The van der Waals surface area contributed by atoms with Crippen LogP contribution in [0.3, 0.4) is 0 Å². The van der Waals surface area contributed by atoms with Crippen LogP contribution in [0.1, 0.15) is 23.9 Å². The summed E-state index contributed by atoms with van der Waals surface area (Å²) in [7, 11) is 0. The highest BCUT2D eigenvalue weighted by Gasteiger charge is 2.10. The van der Waals surface area contributed by atoms with E-state index in [-0.39, 0.29) is 10.6 Å². The lowest BCUT2D eigenvalue weighted by Gasteiger charge is -1.99. The zero-order chi connectivity index (χ0) is 17.6. The minimum absolute atomic E-state index is 0.105. The van der Waals surface area contributed by atoms with Crippen molar-refractivity contribution in [3.8, 4) is 11.4 Å². The molecule has 0 amide bonds. The van der Waals surface area contributed by atoms with Crippen LogP contribution in [0.25, 0.3) is 11.4 Å². The van der Waals surface area contributed by atoms with Gasteiger partial charge in [0, 0.05) is 23.4 Å². The molecule has 1 aromatic heterocycles. The molecule has 0 unspecified atom stereocenters.